The summed E-state index contributed by atoms with van der Waals surface area (Å²) in [6, 6.07) is 17.1. The molecule has 2 aromatic carbocycles. The number of carbonyl (C=O) groups excluding carboxylic acids is 1. The second-order valence-corrected chi connectivity index (χ2v) is 6.95. The molecule has 1 amide bonds. The lowest BCUT2D eigenvalue weighted by Crippen LogP contribution is -2.23. The summed E-state index contributed by atoms with van der Waals surface area (Å²) in [6.45, 7) is 1.61. The molecule has 2 aromatic heterocycles. The van der Waals surface area contributed by atoms with E-state index in [1.165, 1.54) is 4.57 Å². The lowest BCUT2D eigenvalue weighted by Gasteiger charge is -2.12. The van der Waals surface area contributed by atoms with Crippen molar-refractivity contribution >= 4 is 34.2 Å². The third-order valence-corrected chi connectivity index (χ3v) is 4.66. The van der Waals surface area contributed by atoms with Crippen LogP contribution in [0.1, 0.15) is 5.82 Å². The Bertz CT molecular complexity index is 1270. The standard InChI is InChI=1S/C22H17ClN4O3/c1-14-25-21-19(3-2-12-24-21)22(29)27(14)17-8-6-16(7-9-17)26-20(28)13-30-18-10-4-15(23)5-11-18/h2-12H,13H2,1H3,(H,26,28). The van der Waals surface area contributed by atoms with Gasteiger partial charge in [0.1, 0.15) is 11.6 Å². The molecule has 1 N–H and O–H groups in total. The van der Waals surface area contributed by atoms with E-state index in [9.17, 15) is 9.59 Å². The van der Waals surface area contributed by atoms with Crippen LogP contribution in [0, 0.1) is 6.92 Å². The molecule has 30 heavy (non-hydrogen) atoms. The molecular formula is C22H17ClN4O3. The van der Waals surface area contributed by atoms with Gasteiger partial charge < -0.3 is 10.1 Å². The molecule has 0 aliphatic heterocycles. The van der Waals surface area contributed by atoms with Crippen molar-refractivity contribution in [2.45, 2.75) is 6.92 Å². The van der Waals surface area contributed by atoms with Gasteiger partial charge in [0.15, 0.2) is 12.3 Å². The van der Waals surface area contributed by atoms with Crippen molar-refractivity contribution in [3.8, 4) is 11.4 Å². The van der Waals surface area contributed by atoms with Crippen LogP contribution in [0.4, 0.5) is 5.69 Å². The van der Waals surface area contributed by atoms with Gasteiger partial charge in [-0.2, -0.15) is 0 Å². The van der Waals surface area contributed by atoms with Crippen molar-refractivity contribution in [3.63, 3.8) is 0 Å². The highest BCUT2D eigenvalue weighted by Crippen LogP contribution is 2.17. The average Bonchev–Trinajstić information content (AvgIpc) is 2.74. The van der Waals surface area contributed by atoms with Gasteiger partial charge in [-0.15, -0.1) is 0 Å². The number of nitrogens with zero attached hydrogens (tertiary/aromatic N) is 3. The Kier molecular flexibility index (Phi) is 5.45. The summed E-state index contributed by atoms with van der Waals surface area (Å²) < 4.78 is 6.94. The van der Waals surface area contributed by atoms with E-state index in [-0.39, 0.29) is 18.1 Å². The SMILES string of the molecule is Cc1nc2ncccc2c(=O)n1-c1ccc(NC(=O)COc2ccc(Cl)cc2)cc1. The topological polar surface area (TPSA) is 86.1 Å². The summed E-state index contributed by atoms with van der Waals surface area (Å²) in [6.07, 6.45) is 1.60. The zero-order valence-corrected chi connectivity index (χ0v) is 16.8. The lowest BCUT2D eigenvalue weighted by atomic mass is 10.2. The van der Waals surface area contributed by atoms with Crippen LogP contribution in [-0.2, 0) is 4.79 Å². The Morgan fingerprint density at radius 3 is 2.57 bits per heavy atom. The number of fused-ring (bicyclic) bond motifs is 1. The minimum Gasteiger partial charge on any atom is -0.484 e. The van der Waals surface area contributed by atoms with Crippen LogP contribution in [0.25, 0.3) is 16.7 Å². The van der Waals surface area contributed by atoms with E-state index in [4.69, 9.17) is 16.3 Å². The average molecular weight is 421 g/mol. The number of aryl methyl sites for hydroxylation is 1. The van der Waals surface area contributed by atoms with Crippen LogP contribution in [0.2, 0.25) is 5.02 Å². The van der Waals surface area contributed by atoms with Crippen LogP contribution in [0.5, 0.6) is 5.75 Å². The molecule has 0 radical (unpaired) electrons. The Hall–Kier alpha value is -3.71. The predicted molar refractivity (Wildman–Crippen MR) is 115 cm³/mol. The molecule has 7 nitrogen and oxygen atoms in total. The normalized spacial score (nSPS) is 10.7. The maximum atomic E-state index is 12.8. The highest BCUT2D eigenvalue weighted by atomic mass is 35.5. The van der Waals surface area contributed by atoms with E-state index < -0.39 is 0 Å². The third-order valence-electron chi connectivity index (χ3n) is 4.40. The Balaban J connectivity index is 1.48. The molecule has 8 heteroatoms. The highest BCUT2D eigenvalue weighted by Gasteiger charge is 2.11. The maximum absolute atomic E-state index is 12.8. The second-order valence-electron chi connectivity index (χ2n) is 6.51. The van der Waals surface area contributed by atoms with E-state index in [2.05, 4.69) is 15.3 Å². The first kappa shape index (κ1) is 19.6. The molecule has 0 atom stereocenters. The van der Waals surface area contributed by atoms with Gasteiger partial charge in [0, 0.05) is 16.9 Å². The van der Waals surface area contributed by atoms with Crippen molar-refractivity contribution < 1.29 is 9.53 Å². The minimum atomic E-state index is -0.301. The first-order valence-electron chi connectivity index (χ1n) is 9.14. The summed E-state index contributed by atoms with van der Waals surface area (Å²) >= 11 is 5.82. The predicted octanol–water partition coefficient (Wildman–Crippen LogP) is 3.76. The van der Waals surface area contributed by atoms with Gasteiger partial charge in [-0.05, 0) is 67.6 Å². The van der Waals surface area contributed by atoms with Crippen LogP contribution < -0.4 is 15.6 Å². The summed E-state index contributed by atoms with van der Waals surface area (Å²) in [4.78, 5) is 33.5. The minimum absolute atomic E-state index is 0.135. The summed E-state index contributed by atoms with van der Waals surface area (Å²) in [5, 5.41) is 3.80. The zero-order valence-electron chi connectivity index (χ0n) is 16.0. The monoisotopic (exact) mass is 420 g/mol. The number of hydrogen-bond donors (Lipinski definition) is 1. The number of halogens is 1. The molecule has 4 aromatic rings. The summed E-state index contributed by atoms with van der Waals surface area (Å²) in [7, 11) is 0. The van der Waals surface area contributed by atoms with Crippen molar-refractivity contribution in [1.82, 2.24) is 14.5 Å². The van der Waals surface area contributed by atoms with Crippen molar-refractivity contribution in [1.29, 1.82) is 0 Å². The number of benzene rings is 2. The number of rotatable bonds is 5. The Morgan fingerprint density at radius 2 is 1.83 bits per heavy atom. The lowest BCUT2D eigenvalue weighted by molar-refractivity contribution is -0.118. The molecule has 0 fully saturated rings. The second kappa shape index (κ2) is 8.34. The zero-order chi connectivity index (χ0) is 21.1. The smallest absolute Gasteiger partial charge is 0.267 e. The van der Waals surface area contributed by atoms with E-state index in [0.29, 0.717) is 39.0 Å². The third kappa shape index (κ3) is 4.16. The largest absolute Gasteiger partial charge is 0.484 e. The van der Waals surface area contributed by atoms with E-state index >= 15 is 0 Å². The first-order valence-corrected chi connectivity index (χ1v) is 9.52. The van der Waals surface area contributed by atoms with Gasteiger partial charge in [-0.3, -0.25) is 14.2 Å². The molecule has 0 spiro atoms. The van der Waals surface area contributed by atoms with Gasteiger partial charge in [0.2, 0.25) is 0 Å². The molecule has 2 heterocycles. The molecule has 0 bridgehead atoms. The van der Waals surface area contributed by atoms with Crippen molar-refractivity contribution in [2.24, 2.45) is 0 Å². The Morgan fingerprint density at radius 1 is 1.10 bits per heavy atom. The molecule has 0 unspecified atom stereocenters. The van der Waals surface area contributed by atoms with Gasteiger partial charge in [-0.1, -0.05) is 11.6 Å². The molecular weight excluding hydrogens is 404 g/mol. The highest BCUT2D eigenvalue weighted by molar-refractivity contribution is 6.30. The Labute approximate surface area is 176 Å². The van der Waals surface area contributed by atoms with Crippen LogP contribution in [-0.4, -0.2) is 27.0 Å². The number of nitrogens with one attached hydrogen (secondary N) is 1. The molecule has 0 aliphatic carbocycles. The molecule has 150 valence electrons. The summed E-state index contributed by atoms with van der Waals surface area (Å²) in [5.74, 6) is 0.780. The number of pyridine rings is 1. The number of amides is 1. The van der Waals surface area contributed by atoms with Gasteiger partial charge in [-0.25, -0.2) is 9.97 Å². The molecule has 0 aliphatic rings. The van der Waals surface area contributed by atoms with Gasteiger partial charge in [0.05, 0.1) is 11.1 Å². The fourth-order valence-electron chi connectivity index (χ4n) is 3.00. The number of carbonyl (C=O) groups is 1. The number of hydrogen-bond acceptors (Lipinski definition) is 5. The van der Waals surface area contributed by atoms with E-state index in [0.717, 1.165) is 0 Å². The molecule has 4 rings (SSSR count). The van der Waals surface area contributed by atoms with E-state index in [1.54, 1.807) is 73.8 Å². The first-order chi connectivity index (χ1) is 14.5. The quantitative estimate of drug-likeness (QED) is 0.531. The maximum Gasteiger partial charge on any atom is 0.267 e. The van der Waals surface area contributed by atoms with E-state index in [1.807, 2.05) is 0 Å². The fourth-order valence-corrected chi connectivity index (χ4v) is 3.12. The number of anilines is 1. The van der Waals surface area contributed by atoms with Gasteiger partial charge in [0.25, 0.3) is 11.5 Å². The number of aromatic nitrogens is 3. The van der Waals surface area contributed by atoms with Crippen molar-refractivity contribution in [2.75, 3.05) is 11.9 Å². The van der Waals surface area contributed by atoms with Gasteiger partial charge >= 0.3 is 0 Å². The fraction of sp³-hybridized carbons (Fsp3) is 0.0909. The molecule has 0 saturated carbocycles. The van der Waals surface area contributed by atoms with Crippen LogP contribution >= 0.6 is 11.6 Å². The van der Waals surface area contributed by atoms with Crippen molar-refractivity contribution in [3.05, 3.63) is 88.1 Å². The number of ether oxygens (including phenoxy) is 1. The summed E-state index contributed by atoms with van der Waals surface area (Å²) in [5.41, 5.74) is 1.45. The van der Waals surface area contributed by atoms with Crippen LogP contribution in [0.3, 0.4) is 0 Å². The van der Waals surface area contributed by atoms with Crippen LogP contribution in [0.15, 0.2) is 71.7 Å². The molecule has 0 saturated heterocycles.